The summed E-state index contributed by atoms with van der Waals surface area (Å²) in [6, 6.07) is 0. The van der Waals surface area contributed by atoms with E-state index in [1.165, 1.54) is 64.8 Å². The minimum atomic E-state index is 0. The molecular formula is C14H27ClN2O. The minimum Gasteiger partial charge on any atom is -0.381 e. The smallest absolute Gasteiger partial charge is 0.0469 e. The van der Waals surface area contributed by atoms with E-state index in [0.717, 1.165) is 19.1 Å². The number of likely N-dealkylation sites (tertiary alicyclic amines) is 1. The van der Waals surface area contributed by atoms with Crippen LogP contribution in [0.5, 0.6) is 0 Å². The summed E-state index contributed by atoms with van der Waals surface area (Å²) in [6.07, 6.45) is 6.81. The molecule has 0 unspecified atom stereocenters. The van der Waals surface area contributed by atoms with Gasteiger partial charge >= 0.3 is 0 Å². The summed E-state index contributed by atoms with van der Waals surface area (Å²) in [7, 11) is 0. The monoisotopic (exact) mass is 274 g/mol. The average molecular weight is 275 g/mol. The topological polar surface area (TPSA) is 24.5 Å². The summed E-state index contributed by atoms with van der Waals surface area (Å²) in [6.45, 7) is 8.51. The molecule has 0 radical (unpaired) electrons. The Morgan fingerprint density at radius 1 is 1.11 bits per heavy atom. The molecule has 0 bridgehead atoms. The molecule has 106 valence electrons. The van der Waals surface area contributed by atoms with E-state index >= 15 is 0 Å². The van der Waals surface area contributed by atoms with Crippen molar-refractivity contribution < 1.29 is 4.74 Å². The van der Waals surface area contributed by atoms with Crippen LogP contribution in [-0.4, -0.2) is 50.8 Å². The molecule has 3 heterocycles. The fourth-order valence-corrected chi connectivity index (χ4v) is 3.84. The average Bonchev–Trinajstić information content (AvgIpc) is 2.74. The van der Waals surface area contributed by atoms with E-state index in [2.05, 4.69) is 10.2 Å². The number of halogens is 1. The van der Waals surface area contributed by atoms with Crippen molar-refractivity contribution in [2.45, 2.75) is 32.1 Å². The lowest BCUT2D eigenvalue weighted by Crippen LogP contribution is -2.39. The normalized spacial score (nSPS) is 29.3. The van der Waals surface area contributed by atoms with Crippen LogP contribution in [0.4, 0.5) is 0 Å². The number of nitrogens with zero attached hydrogens (tertiary/aromatic N) is 1. The molecule has 1 N–H and O–H groups in total. The molecule has 0 aromatic rings. The summed E-state index contributed by atoms with van der Waals surface area (Å²) in [4.78, 5) is 2.74. The fourth-order valence-electron chi connectivity index (χ4n) is 3.84. The van der Waals surface area contributed by atoms with Crippen LogP contribution in [0.1, 0.15) is 32.1 Å². The molecule has 3 aliphatic rings. The highest BCUT2D eigenvalue weighted by Crippen LogP contribution is 2.39. The molecule has 0 saturated carbocycles. The molecule has 1 spiro atoms. The Morgan fingerprint density at radius 2 is 1.83 bits per heavy atom. The van der Waals surface area contributed by atoms with Gasteiger partial charge in [0.1, 0.15) is 0 Å². The zero-order valence-electron chi connectivity index (χ0n) is 11.3. The van der Waals surface area contributed by atoms with Gasteiger partial charge in [0.15, 0.2) is 0 Å². The van der Waals surface area contributed by atoms with Crippen molar-refractivity contribution in [1.29, 1.82) is 0 Å². The Kier molecular flexibility index (Phi) is 5.31. The SMILES string of the molecule is C1CC2(CCN1)CCN(CC1CCOCC1)C2.Cl. The number of piperidine rings is 1. The van der Waals surface area contributed by atoms with Gasteiger partial charge in [-0.05, 0) is 63.1 Å². The highest BCUT2D eigenvalue weighted by molar-refractivity contribution is 5.85. The van der Waals surface area contributed by atoms with E-state index in [9.17, 15) is 0 Å². The predicted molar refractivity (Wildman–Crippen MR) is 76.4 cm³/mol. The van der Waals surface area contributed by atoms with Gasteiger partial charge in [-0.15, -0.1) is 12.4 Å². The highest BCUT2D eigenvalue weighted by atomic mass is 35.5. The van der Waals surface area contributed by atoms with E-state index in [0.29, 0.717) is 5.41 Å². The Hall–Kier alpha value is 0.170. The predicted octanol–water partition coefficient (Wildman–Crippen LogP) is 1.91. The summed E-state index contributed by atoms with van der Waals surface area (Å²) in [5.74, 6) is 0.903. The van der Waals surface area contributed by atoms with E-state index in [4.69, 9.17) is 4.74 Å². The van der Waals surface area contributed by atoms with Crippen molar-refractivity contribution in [1.82, 2.24) is 10.2 Å². The quantitative estimate of drug-likeness (QED) is 0.833. The molecule has 3 nitrogen and oxygen atoms in total. The van der Waals surface area contributed by atoms with Gasteiger partial charge in [-0.1, -0.05) is 0 Å². The van der Waals surface area contributed by atoms with E-state index in [1.54, 1.807) is 0 Å². The Balaban J connectivity index is 0.00000120. The van der Waals surface area contributed by atoms with E-state index in [1.807, 2.05) is 0 Å². The van der Waals surface area contributed by atoms with Gasteiger partial charge in [0.25, 0.3) is 0 Å². The van der Waals surface area contributed by atoms with Gasteiger partial charge < -0.3 is 15.0 Å². The van der Waals surface area contributed by atoms with Crippen LogP contribution in [0.25, 0.3) is 0 Å². The first-order valence-electron chi connectivity index (χ1n) is 7.37. The minimum absolute atomic E-state index is 0. The van der Waals surface area contributed by atoms with Crippen LogP contribution in [0.15, 0.2) is 0 Å². The highest BCUT2D eigenvalue weighted by Gasteiger charge is 2.39. The molecule has 0 atom stereocenters. The fraction of sp³-hybridized carbons (Fsp3) is 1.00. The third-order valence-corrected chi connectivity index (χ3v) is 5.04. The number of ether oxygens (including phenoxy) is 1. The first-order chi connectivity index (χ1) is 8.36. The lowest BCUT2D eigenvalue weighted by molar-refractivity contribution is 0.0533. The van der Waals surface area contributed by atoms with Crippen molar-refractivity contribution >= 4 is 12.4 Å². The zero-order valence-corrected chi connectivity index (χ0v) is 12.1. The summed E-state index contributed by atoms with van der Waals surface area (Å²) < 4.78 is 5.45. The molecule has 0 aromatic heterocycles. The molecule has 0 aliphatic carbocycles. The third-order valence-electron chi connectivity index (χ3n) is 5.04. The second-order valence-electron chi connectivity index (χ2n) is 6.29. The molecule has 4 heteroatoms. The molecule has 3 rings (SSSR count). The summed E-state index contributed by atoms with van der Waals surface area (Å²) in [5.41, 5.74) is 0.677. The van der Waals surface area contributed by atoms with Gasteiger partial charge in [-0.25, -0.2) is 0 Å². The standard InChI is InChI=1S/C14H26N2O.ClH/c1-9-17-10-2-13(1)11-16-8-5-14(12-16)3-6-15-7-4-14;/h13,15H,1-12H2;1H. The summed E-state index contributed by atoms with van der Waals surface area (Å²) in [5, 5.41) is 3.50. The van der Waals surface area contributed by atoms with Crippen molar-refractivity contribution in [3.8, 4) is 0 Å². The number of rotatable bonds is 2. The van der Waals surface area contributed by atoms with E-state index < -0.39 is 0 Å². The number of hydrogen-bond acceptors (Lipinski definition) is 3. The van der Waals surface area contributed by atoms with Crippen LogP contribution in [-0.2, 0) is 4.74 Å². The van der Waals surface area contributed by atoms with Gasteiger partial charge in [0.2, 0.25) is 0 Å². The van der Waals surface area contributed by atoms with Gasteiger partial charge in [-0.2, -0.15) is 0 Å². The zero-order chi connectivity index (χ0) is 11.6. The number of hydrogen-bond donors (Lipinski definition) is 1. The van der Waals surface area contributed by atoms with Gasteiger partial charge in [0.05, 0.1) is 0 Å². The Labute approximate surface area is 117 Å². The molecular weight excluding hydrogens is 248 g/mol. The van der Waals surface area contributed by atoms with Crippen LogP contribution < -0.4 is 5.32 Å². The lowest BCUT2D eigenvalue weighted by Gasteiger charge is -2.34. The van der Waals surface area contributed by atoms with Crippen LogP contribution in [0, 0.1) is 11.3 Å². The van der Waals surface area contributed by atoms with Crippen molar-refractivity contribution in [3.05, 3.63) is 0 Å². The Bertz CT molecular complexity index is 250. The molecule has 3 aliphatic heterocycles. The maximum Gasteiger partial charge on any atom is 0.0469 e. The second-order valence-corrected chi connectivity index (χ2v) is 6.29. The molecule has 3 fully saturated rings. The molecule has 3 saturated heterocycles. The van der Waals surface area contributed by atoms with Gasteiger partial charge in [0, 0.05) is 26.3 Å². The van der Waals surface area contributed by atoms with Crippen LogP contribution in [0.3, 0.4) is 0 Å². The molecule has 0 aromatic carbocycles. The van der Waals surface area contributed by atoms with Crippen molar-refractivity contribution in [2.75, 3.05) is 45.9 Å². The van der Waals surface area contributed by atoms with Gasteiger partial charge in [-0.3, -0.25) is 0 Å². The summed E-state index contributed by atoms with van der Waals surface area (Å²) >= 11 is 0. The van der Waals surface area contributed by atoms with E-state index in [-0.39, 0.29) is 12.4 Å². The number of nitrogens with one attached hydrogen (secondary N) is 1. The molecule has 18 heavy (non-hydrogen) atoms. The first kappa shape index (κ1) is 14.6. The van der Waals surface area contributed by atoms with Crippen LogP contribution >= 0.6 is 12.4 Å². The lowest BCUT2D eigenvalue weighted by atomic mass is 9.78. The largest absolute Gasteiger partial charge is 0.381 e. The van der Waals surface area contributed by atoms with Crippen molar-refractivity contribution in [3.63, 3.8) is 0 Å². The van der Waals surface area contributed by atoms with Crippen molar-refractivity contribution in [2.24, 2.45) is 11.3 Å². The van der Waals surface area contributed by atoms with Crippen LogP contribution in [0.2, 0.25) is 0 Å². The first-order valence-corrected chi connectivity index (χ1v) is 7.37. The maximum atomic E-state index is 5.45. The third kappa shape index (κ3) is 3.38. The second kappa shape index (κ2) is 6.56. The molecule has 0 amide bonds. The maximum absolute atomic E-state index is 5.45. The Morgan fingerprint density at radius 3 is 2.56 bits per heavy atom.